The predicted octanol–water partition coefficient (Wildman–Crippen LogP) is 1.30. The van der Waals surface area contributed by atoms with Gasteiger partial charge >= 0.3 is 0 Å². The van der Waals surface area contributed by atoms with Gasteiger partial charge < -0.3 is 10.1 Å². The number of fused-ring (bicyclic) bond motifs is 1. The van der Waals surface area contributed by atoms with E-state index in [0.29, 0.717) is 36.7 Å². The zero-order chi connectivity index (χ0) is 18.9. The molecule has 0 saturated carbocycles. The Balaban J connectivity index is 1.47. The summed E-state index contributed by atoms with van der Waals surface area (Å²) >= 11 is 0. The van der Waals surface area contributed by atoms with E-state index in [1.807, 2.05) is 0 Å². The van der Waals surface area contributed by atoms with E-state index in [9.17, 15) is 13.2 Å². The van der Waals surface area contributed by atoms with Crippen LogP contribution in [-0.2, 0) is 26.0 Å². The number of ether oxygens (including phenoxy) is 1. The normalized spacial score (nSPS) is 25.0. The average molecular weight is 394 g/mol. The van der Waals surface area contributed by atoms with Gasteiger partial charge in [-0.25, -0.2) is 8.42 Å². The van der Waals surface area contributed by atoms with E-state index in [1.54, 1.807) is 22.5 Å². The molecule has 1 N–H and O–H groups in total. The number of hydrogen-bond donors (Lipinski definition) is 1. The fourth-order valence-corrected chi connectivity index (χ4v) is 5.82. The van der Waals surface area contributed by atoms with E-state index in [4.69, 9.17) is 4.74 Å². The Kier molecular flexibility index (Phi) is 5.50. The molecule has 27 heavy (non-hydrogen) atoms. The highest BCUT2D eigenvalue weighted by molar-refractivity contribution is 7.89. The quantitative estimate of drug-likeness (QED) is 0.834. The van der Waals surface area contributed by atoms with Crippen LogP contribution in [0.15, 0.2) is 23.1 Å². The topological polar surface area (TPSA) is 79.0 Å². The van der Waals surface area contributed by atoms with Gasteiger partial charge in [-0.2, -0.15) is 4.31 Å². The number of nitrogens with one attached hydrogen (secondary N) is 1. The van der Waals surface area contributed by atoms with Crippen molar-refractivity contribution in [1.29, 1.82) is 0 Å². The Morgan fingerprint density at radius 1 is 1.15 bits per heavy atom. The van der Waals surface area contributed by atoms with Gasteiger partial charge in [-0.15, -0.1) is 0 Å². The Morgan fingerprint density at radius 2 is 1.96 bits per heavy atom. The molecule has 148 valence electrons. The molecule has 1 atom stereocenters. The van der Waals surface area contributed by atoms with Crippen molar-refractivity contribution in [2.75, 3.05) is 51.3 Å². The zero-order valence-electron chi connectivity index (χ0n) is 15.5. The van der Waals surface area contributed by atoms with Crippen molar-refractivity contribution in [3.05, 3.63) is 23.8 Å². The molecule has 8 heteroatoms. The van der Waals surface area contributed by atoms with Crippen molar-refractivity contribution in [1.82, 2.24) is 9.21 Å². The van der Waals surface area contributed by atoms with Crippen LogP contribution in [0.4, 0.5) is 5.69 Å². The van der Waals surface area contributed by atoms with Gasteiger partial charge in [-0.05, 0) is 48.9 Å². The lowest BCUT2D eigenvalue weighted by atomic mass is 9.99. The Labute approximate surface area is 160 Å². The molecule has 0 aliphatic carbocycles. The lowest BCUT2D eigenvalue weighted by Crippen LogP contribution is -2.46. The summed E-state index contributed by atoms with van der Waals surface area (Å²) in [4.78, 5) is 14.2. The first kappa shape index (κ1) is 18.9. The highest BCUT2D eigenvalue weighted by Gasteiger charge is 2.32. The van der Waals surface area contributed by atoms with E-state index in [2.05, 4.69) is 10.2 Å². The highest BCUT2D eigenvalue weighted by atomic mass is 32.2. The third-order valence-electron chi connectivity index (χ3n) is 5.71. The molecule has 3 heterocycles. The predicted molar refractivity (Wildman–Crippen MR) is 102 cm³/mol. The lowest BCUT2D eigenvalue weighted by Gasteiger charge is -2.36. The number of anilines is 1. The lowest BCUT2D eigenvalue weighted by molar-refractivity contribution is -0.116. The van der Waals surface area contributed by atoms with Gasteiger partial charge in [0.2, 0.25) is 15.9 Å². The molecule has 2 fully saturated rings. The molecule has 3 aliphatic heterocycles. The number of piperidine rings is 1. The summed E-state index contributed by atoms with van der Waals surface area (Å²) in [7, 11) is -3.51. The van der Waals surface area contributed by atoms with Crippen LogP contribution in [0.1, 0.15) is 24.8 Å². The van der Waals surface area contributed by atoms with E-state index in [1.165, 1.54) is 0 Å². The molecule has 1 amide bonds. The first-order valence-corrected chi connectivity index (χ1v) is 11.2. The molecule has 4 rings (SSSR count). The summed E-state index contributed by atoms with van der Waals surface area (Å²) in [6, 6.07) is 5.06. The first-order chi connectivity index (χ1) is 13.0. The van der Waals surface area contributed by atoms with Crippen LogP contribution in [0.25, 0.3) is 0 Å². The third-order valence-corrected chi connectivity index (χ3v) is 7.57. The van der Waals surface area contributed by atoms with Crippen molar-refractivity contribution in [3.63, 3.8) is 0 Å². The van der Waals surface area contributed by atoms with Crippen LogP contribution in [-0.4, -0.2) is 69.5 Å². The number of benzene rings is 1. The molecule has 0 radical (unpaired) electrons. The Bertz CT molecular complexity index is 805. The van der Waals surface area contributed by atoms with Gasteiger partial charge in [0.15, 0.2) is 0 Å². The minimum Gasteiger partial charge on any atom is -0.379 e. The number of carbonyl (C=O) groups is 1. The smallest absolute Gasteiger partial charge is 0.243 e. The van der Waals surface area contributed by atoms with Crippen molar-refractivity contribution < 1.29 is 17.9 Å². The SMILES string of the molecule is O=C1CCc2cc(S(=O)(=O)N3CCC[C@H](CN4CCOCC4)C3)ccc2N1. The molecule has 2 saturated heterocycles. The number of sulfonamides is 1. The van der Waals surface area contributed by atoms with Gasteiger partial charge in [-0.3, -0.25) is 9.69 Å². The molecule has 0 unspecified atom stereocenters. The standard InChI is InChI=1S/C19H27N3O4S/c23-19-6-3-16-12-17(4-5-18(16)20-19)27(24,25)22-7-1-2-15(14-22)13-21-8-10-26-11-9-21/h4-5,12,15H,1-3,6-11,13-14H2,(H,20,23)/t15-/m1/s1. The fourth-order valence-electron chi connectivity index (χ4n) is 4.21. The number of hydrogen-bond acceptors (Lipinski definition) is 5. The van der Waals surface area contributed by atoms with Crippen molar-refractivity contribution in [2.24, 2.45) is 5.92 Å². The Hall–Kier alpha value is -1.48. The first-order valence-electron chi connectivity index (χ1n) is 9.75. The number of amides is 1. The maximum Gasteiger partial charge on any atom is 0.243 e. The Morgan fingerprint density at radius 3 is 2.78 bits per heavy atom. The molecular formula is C19H27N3O4S. The van der Waals surface area contributed by atoms with Crippen LogP contribution in [0.5, 0.6) is 0 Å². The number of aryl methyl sites for hydroxylation is 1. The molecule has 0 spiro atoms. The minimum atomic E-state index is -3.51. The maximum absolute atomic E-state index is 13.2. The van der Waals surface area contributed by atoms with E-state index >= 15 is 0 Å². The summed E-state index contributed by atoms with van der Waals surface area (Å²) in [5, 5.41) is 2.81. The molecule has 1 aromatic rings. The minimum absolute atomic E-state index is 0.0138. The number of rotatable bonds is 4. The molecule has 7 nitrogen and oxygen atoms in total. The summed E-state index contributed by atoms with van der Waals surface area (Å²) in [6.45, 7) is 5.48. The maximum atomic E-state index is 13.2. The second-order valence-corrected chi connectivity index (χ2v) is 9.59. The summed E-state index contributed by atoms with van der Waals surface area (Å²) in [5.41, 5.74) is 1.63. The van der Waals surface area contributed by atoms with Gasteiger partial charge in [0.25, 0.3) is 0 Å². The monoisotopic (exact) mass is 393 g/mol. The van der Waals surface area contributed by atoms with Crippen LogP contribution in [0.2, 0.25) is 0 Å². The summed E-state index contributed by atoms with van der Waals surface area (Å²) in [6.07, 6.45) is 2.96. The van der Waals surface area contributed by atoms with Crippen molar-refractivity contribution in [2.45, 2.75) is 30.6 Å². The zero-order valence-corrected chi connectivity index (χ0v) is 16.3. The number of carbonyl (C=O) groups excluding carboxylic acids is 1. The largest absolute Gasteiger partial charge is 0.379 e. The fraction of sp³-hybridized carbons (Fsp3) is 0.632. The van der Waals surface area contributed by atoms with E-state index < -0.39 is 10.0 Å². The van der Waals surface area contributed by atoms with Gasteiger partial charge in [-0.1, -0.05) is 0 Å². The molecule has 0 aromatic heterocycles. The average Bonchev–Trinajstić information content (AvgIpc) is 2.68. The van der Waals surface area contributed by atoms with Gasteiger partial charge in [0.1, 0.15) is 0 Å². The van der Waals surface area contributed by atoms with Crippen LogP contribution >= 0.6 is 0 Å². The van der Waals surface area contributed by atoms with Crippen LogP contribution in [0, 0.1) is 5.92 Å². The second-order valence-electron chi connectivity index (χ2n) is 7.65. The van der Waals surface area contributed by atoms with E-state index in [-0.39, 0.29) is 5.91 Å². The van der Waals surface area contributed by atoms with Crippen LogP contribution < -0.4 is 5.32 Å². The number of nitrogens with zero attached hydrogens (tertiary/aromatic N) is 2. The van der Waals surface area contributed by atoms with Gasteiger partial charge in [0, 0.05) is 44.8 Å². The summed E-state index contributed by atoms with van der Waals surface area (Å²) < 4.78 is 33.4. The highest BCUT2D eigenvalue weighted by Crippen LogP contribution is 2.29. The third kappa shape index (κ3) is 4.18. The van der Waals surface area contributed by atoms with E-state index in [0.717, 1.165) is 56.9 Å². The van der Waals surface area contributed by atoms with Crippen molar-refractivity contribution >= 4 is 21.6 Å². The molecule has 0 bridgehead atoms. The second kappa shape index (κ2) is 7.87. The van der Waals surface area contributed by atoms with Crippen molar-refractivity contribution in [3.8, 4) is 0 Å². The van der Waals surface area contributed by atoms with Gasteiger partial charge in [0.05, 0.1) is 18.1 Å². The molecule has 3 aliphatic rings. The molecular weight excluding hydrogens is 366 g/mol. The van der Waals surface area contributed by atoms with Crippen LogP contribution in [0.3, 0.4) is 0 Å². The molecule has 1 aromatic carbocycles. The summed E-state index contributed by atoms with van der Waals surface area (Å²) in [5.74, 6) is 0.351. The number of morpholine rings is 1.